The zero-order valence-electron chi connectivity index (χ0n) is 19.2. The second-order valence-corrected chi connectivity index (χ2v) is 9.22. The zero-order valence-corrected chi connectivity index (χ0v) is 20.8. The van der Waals surface area contributed by atoms with Crippen molar-refractivity contribution in [3.63, 3.8) is 0 Å². The highest BCUT2D eigenvalue weighted by Crippen LogP contribution is 2.43. The van der Waals surface area contributed by atoms with Crippen LogP contribution in [0.25, 0.3) is 44.7 Å². The molecule has 2 aromatic heterocycles. The molecule has 2 heterocycles. The van der Waals surface area contributed by atoms with Crippen molar-refractivity contribution in [2.24, 2.45) is 4.99 Å². The van der Waals surface area contributed by atoms with Crippen LogP contribution in [0.1, 0.15) is 5.56 Å². The summed E-state index contributed by atoms with van der Waals surface area (Å²) in [6.45, 7) is 0. The third-order valence-corrected chi connectivity index (χ3v) is 6.46. The molecule has 0 aliphatic heterocycles. The fourth-order valence-corrected chi connectivity index (χ4v) is 4.68. The Labute approximate surface area is 217 Å². The number of fused-ring (bicyclic) bond motifs is 1. The molecular formula is C31H20BrN3O. The number of furan rings is 1. The van der Waals surface area contributed by atoms with Crippen LogP contribution >= 0.6 is 15.9 Å². The third kappa shape index (κ3) is 4.37. The first-order valence-corrected chi connectivity index (χ1v) is 12.3. The maximum Gasteiger partial charge on any atom is 0.232 e. The largest absolute Gasteiger partial charge is 0.437 e. The van der Waals surface area contributed by atoms with E-state index in [2.05, 4.69) is 74.4 Å². The molecule has 4 nitrogen and oxygen atoms in total. The molecule has 6 aromatic rings. The topological polar surface area (TPSA) is 51.3 Å². The first-order chi connectivity index (χ1) is 17.8. The molecule has 0 N–H and O–H groups in total. The quantitative estimate of drug-likeness (QED) is 0.210. The molecule has 36 heavy (non-hydrogen) atoms. The molecule has 0 unspecified atom stereocenters. The number of halogens is 1. The second kappa shape index (κ2) is 9.72. The Hall–Kier alpha value is -4.35. The van der Waals surface area contributed by atoms with Gasteiger partial charge in [-0.2, -0.15) is 0 Å². The number of hydrogen-bond donors (Lipinski definition) is 0. The van der Waals surface area contributed by atoms with Gasteiger partial charge in [-0.15, -0.1) is 0 Å². The van der Waals surface area contributed by atoms with Crippen molar-refractivity contribution >= 4 is 39.1 Å². The van der Waals surface area contributed by atoms with Crippen LogP contribution in [0.15, 0.2) is 129 Å². The van der Waals surface area contributed by atoms with Crippen molar-refractivity contribution in [3.8, 4) is 33.6 Å². The maximum absolute atomic E-state index is 6.36. The molecular weight excluding hydrogens is 510 g/mol. The minimum absolute atomic E-state index is 0.507. The molecule has 0 spiro atoms. The smallest absolute Gasteiger partial charge is 0.232 e. The highest BCUT2D eigenvalue weighted by molar-refractivity contribution is 9.10. The van der Waals surface area contributed by atoms with Gasteiger partial charge in [-0.05, 0) is 34.4 Å². The lowest BCUT2D eigenvalue weighted by Crippen LogP contribution is -1.86. The van der Waals surface area contributed by atoms with Crippen LogP contribution in [0.5, 0.6) is 0 Å². The second-order valence-electron chi connectivity index (χ2n) is 8.31. The van der Waals surface area contributed by atoms with Crippen LogP contribution in [0, 0.1) is 0 Å². The molecule has 6 rings (SSSR count). The van der Waals surface area contributed by atoms with Gasteiger partial charge < -0.3 is 4.42 Å². The SMILES string of the molecule is Brc1cccc(C=Nc2ncnc3oc(-c4ccc(-c5ccccc5)cc4)c(-c4ccccc4)c23)c1. The molecule has 0 saturated carbocycles. The Morgan fingerprint density at radius 3 is 2.06 bits per heavy atom. The maximum atomic E-state index is 6.36. The summed E-state index contributed by atoms with van der Waals surface area (Å²) >= 11 is 3.52. The molecule has 0 fully saturated rings. The van der Waals surface area contributed by atoms with E-state index in [1.54, 1.807) is 0 Å². The first kappa shape index (κ1) is 22.1. The van der Waals surface area contributed by atoms with Gasteiger partial charge >= 0.3 is 0 Å². The van der Waals surface area contributed by atoms with Crippen LogP contribution < -0.4 is 0 Å². The summed E-state index contributed by atoms with van der Waals surface area (Å²) in [6, 6.07) is 36.9. The Kier molecular flexibility index (Phi) is 5.98. The van der Waals surface area contributed by atoms with Gasteiger partial charge in [-0.25, -0.2) is 15.0 Å². The summed E-state index contributed by atoms with van der Waals surface area (Å²) in [4.78, 5) is 13.7. The van der Waals surface area contributed by atoms with E-state index in [1.807, 2.05) is 66.9 Å². The highest BCUT2D eigenvalue weighted by atomic mass is 79.9. The molecule has 5 heteroatoms. The van der Waals surface area contributed by atoms with Crippen LogP contribution in [0.3, 0.4) is 0 Å². The summed E-state index contributed by atoms with van der Waals surface area (Å²) in [5.41, 5.74) is 6.72. The van der Waals surface area contributed by atoms with E-state index in [0.29, 0.717) is 11.5 Å². The Balaban J connectivity index is 1.51. The van der Waals surface area contributed by atoms with Gasteiger partial charge in [0.2, 0.25) is 5.71 Å². The Morgan fingerprint density at radius 1 is 0.667 bits per heavy atom. The van der Waals surface area contributed by atoms with Crippen molar-refractivity contribution in [3.05, 3.63) is 126 Å². The van der Waals surface area contributed by atoms with Gasteiger partial charge in [0.15, 0.2) is 5.82 Å². The fraction of sp³-hybridized carbons (Fsp3) is 0. The summed E-state index contributed by atoms with van der Waals surface area (Å²) in [5, 5.41) is 0.789. The Morgan fingerprint density at radius 2 is 1.33 bits per heavy atom. The van der Waals surface area contributed by atoms with E-state index < -0.39 is 0 Å². The number of hydrogen-bond acceptors (Lipinski definition) is 4. The normalized spacial score (nSPS) is 11.4. The standard InChI is InChI=1S/C31H20BrN3O/c32-26-13-7-8-21(18-26)19-33-30-28-27(24-11-5-2-6-12-24)29(36-31(28)35-20-34-30)25-16-14-23(15-17-25)22-9-3-1-4-10-22/h1-20H. The van der Waals surface area contributed by atoms with Gasteiger partial charge in [0.25, 0.3) is 0 Å². The predicted molar refractivity (Wildman–Crippen MR) is 150 cm³/mol. The van der Waals surface area contributed by atoms with Crippen molar-refractivity contribution in [2.45, 2.75) is 0 Å². The molecule has 0 saturated heterocycles. The van der Waals surface area contributed by atoms with Gasteiger partial charge in [0.05, 0.1) is 5.39 Å². The van der Waals surface area contributed by atoms with Crippen LogP contribution in [-0.4, -0.2) is 16.2 Å². The average molecular weight is 530 g/mol. The van der Waals surface area contributed by atoms with E-state index in [9.17, 15) is 0 Å². The number of aliphatic imine (C=N–C) groups is 1. The number of nitrogens with zero attached hydrogens (tertiary/aromatic N) is 3. The molecule has 172 valence electrons. The van der Waals surface area contributed by atoms with Crippen molar-refractivity contribution in [2.75, 3.05) is 0 Å². The number of aromatic nitrogens is 2. The monoisotopic (exact) mass is 529 g/mol. The van der Waals surface area contributed by atoms with E-state index in [1.165, 1.54) is 11.9 Å². The van der Waals surface area contributed by atoms with Crippen molar-refractivity contribution < 1.29 is 4.42 Å². The van der Waals surface area contributed by atoms with Crippen LogP contribution in [0.2, 0.25) is 0 Å². The lowest BCUT2D eigenvalue weighted by atomic mass is 9.97. The number of benzene rings is 4. The minimum atomic E-state index is 0.507. The zero-order chi connectivity index (χ0) is 24.3. The van der Waals surface area contributed by atoms with E-state index in [0.717, 1.165) is 43.4 Å². The Bertz CT molecular complexity index is 1670. The molecule has 0 aliphatic rings. The van der Waals surface area contributed by atoms with Gasteiger partial charge in [0.1, 0.15) is 12.1 Å². The fourth-order valence-electron chi connectivity index (χ4n) is 4.27. The molecule has 0 amide bonds. The summed E-state index contributed by atoms with van der Waals surface area (Å²) in [6.07, 6.45) is 3.30. The van der Waals surface area contributed by atoms with Crippen molar-refractivity contribution in [1.29, 1.82) is 0 Å². The molecule has 0 bridgehead atoms. The highest BCUT2D eigenvalue weighted by Gasteiger charge is 2.22. The summed E-state index contributed by atoms with van der Waals surface area (Å²) in [5.74, 6) is 1.31. The minimum Gasteiger partial charge on any atom is -0.437 e. The molecule has 0 radical (unpaired) electrons. The van der Waals surface area contributed by atoms with Gasteiger partial charge in [0, 0.05) is 21.8 Å². The number of rotatable bonds is 5. The molecule has 0 aliphatic carbocycles. The predicted octanol–water partition coefficient (Wildman–Crippen LogP) is 8.74. The molecule has 4 aromatic carbocycles. The van der Waals surface area contributed by atoms with Gasteiger partial charge in [-0.1, -0.05) is 113 Å². The van der Waals surface area contributed by atoms with Crippen molar-refractivity contribution in [1.82, 2.24) is 9.97 Å². The van der Waals surface area contributed by atoms with Gasteiger partial charge in [-0.3, -0.25) is 0 Å². The summed E-state index contributed by atoms with van der Waals surface area (Å²) < 4.78 is 7.36. The van der Waals surface area contributed by atoms with Crippen LogP contribution in [-0.2, 0) is 0 Å². The van der Waals surface area contributed by atoms with E-state index in [-0.39, 0.29) is 0 Å². The van der Waals surface area contributed by atoms with Crippen LogP contribution in [0.4, 0.5) is 5.82 Å². The third-order valence-electron chi connectivity index (χ3n) is 5.97. The molecule has 0 atom stereocenters. The average Bonchev–Trinajstić information content (AvgIpc) is 3.33. The van der Waals surface area contributed by atoms with E-state index >= 15 is 0 Å². The lowest BCUT2D eigenvalue weighted by molar-refractivity contribution is 0.618. The first-order valence-electron chi connectivity index (χ1n) is 11.5. The summed E-state index contributed by atoms with van der Waals surface area (Å²) in [7, 11) is 0. The lowest BCUT2D eigenvalue weighted by Gasteiger charge is -2.06. The van der Waals surface area contributed by atoms with E-state index in [4.69, 9.17) is 9.41 Å².